The van der Waals surface area contributed by atoms with Crippen LogP contribution in [-0.2, 0) is 11.3 Å². The highest BCUT2D eigenvalue weighted by Gasteiger charge is 2.33. The van der Waals surface area contributed by atoms with Crippen molar-refractivity contribution in [3.8, 4) is 0 Å². The number of aliphatic hydroxyl groups is 1. The lowest BCUT2D eigenvalue weighted by atomic mass is 9.83. The second-order valence-corrected chi connectivity index (χ2v) is 11.4. The summed E-state index contributed by atoms with van der Waals surface area (Å²) in [6, 6.07) is 22.7. The smallest absolute Gasteiger partial charge is 0.228 e. The molecule has 0 aliphatic heterocycles. The summed E-state index contributed by atoms with van der Waals surface area (Å²) < 4.78 is 2.29. The molecule has 38 heavy (non-hydrogen) atoms. The summed E-state index contributed by atoms with van der Waals surface area (Å²) in [7, 11) is 0. The van der Waals surface area contributed by atoms with Gasteiger partial charge in [0.1, 0.15) is 5.65 Å². The average Bonchev–Trinajstić information content (AvgIpc) is 3.71. The minimum absolute atomic E-state index is 0.0131. The molecule has 0 radical (unpaired) electrons. The number of para-hydroxylation sites is 1. The van der Waals surface area contributed by atoms with Gasteiger partial charge in [-0.25, -0.2) is 4.98 Å². The lowest BCUT2D eigenvalue weighted by Gasteiger charge is -2.26. The fraction of sp³-hybridized carbons (Fsp3) is 0.312. The van der Waals surface area contributed by atoms with E-state index in [0.29, 0.717) is 12.5 Å². The van der Waals surface area contributed by atoms with Gasteiger partial charge in [-0.05, 0) is 66.0 Å². The van der Waals surface area contributed by atoms with Crippen LogP contribution in [0.2, 0.25) is 0 Å². The zero-order valence-corrected chi connectivity index (χ0v) is 22.5. The summed E-state index contributed by atoms with van der Waals surface area (Å²) in [6.45, 7) is 2.75. The molecule has 2 N–H and O–H groups in total. The van der Waals surface area contributed by atoms with E-state index >= 15 is 0 Å². The van der Waals surface area contributed by atoms with E-state index in [4.69, 9.17) is 4.98 Å². The van der Waals surface area contributed by atoms with E-state index in [0.717, 1.165) is 28.9 Å². The Hall–Kier alpha value is -3.48. The normalized spacial score (nSPS) is 15.7. The number of carbonyl (C=O) groups is 1. The largest absolute Gasteiger partial charge is 0.394 e. The van der Waals surface area contributed by atoms with E-state index in [1.165, 1.54) is 40.3 Å². The Labute approximate surface area is 227 Å². The van der Waals surface area contributed by atoms with E-state index in [2.05, 4.69) is 71.4 Å². The lowest BCUT2D eigenvalue weighted by molar-refractivity contribution is -0.124. The third-order valence-corrected chi connectivity index (χ3v) is 9.06. The molecule has 1 aliphatic rings. The predicted molar refractivity (Wildman–Crippen MR) is 155 cm³/mol. The molecule has 0 bridgehead atoms. The number of hydrogen-bond acceptors (Lipinski definition) is 4. The Bertz CT molecular complexity index is 1550. The van der Waals surface area contributed by atoms with Gasteiger partial charge in [0.2, 0.25) is 5.91 Å². The van der Waals surface area contributed by atoms with Crippen molar-refractivity contribution in [2.75, 3.05) is 6.61 Å². The molecular formula is C32H33N3O2S. The van der Waals surface area contributed by atoms with Crippen molar-refractivity contribution in [3.63, 3.8) is 0 Å². The Morgan fingerprint density at radius 3 is 2.61 bits per heavy atom. The monoisotopic (exact) mass is 523 g/mol. The van der Waals surface area contributed by atoms with Gasteiger partial charge in [-0.1, -0.05) is 61.4 Å². The van der Waals surface area contributed by atoms with Gasteiger partial charge in [-0.3, -0.25) is 4.79 Å². The average molecular weight is 524 g/mol. The topological polar surface area (TPSA) is 67.2 Å². The molecule has 2 unspecified atom stereocenters. The number of nitrogens with zero attached hydrogens (tertiary/aromatic N) is 2. The van der Waals surface area contributed by atoms with Gasteiger partial charge in [-0.15, -0.1) is 11.3 Å². The van der Waals surface area contributed by atoms with Crippen molar-refractivity contribution >= 4 is 39.2 Å². The van der Waals surface area contributed by atoms with E-state index in [1.807, 2.05) is 23.7 Å². The second-order valence-electron chi connectivity index (χ2n) is 10.5. The molecule has 194 valence electrons. The summed E-state index contributed by atoms with van der Waals surface area (Å²) in [5, 5.41) is 17.5. The fourth-order valence-corrected chi connectivity index (χ4v) is 6.94. The number of rotatable bonds is 8. The maximum atomic E-state index is 13.6. The van der Waals surface area contributed by atoms with Crippen molar-refractivity contribution in [2.45, 2.75) is 51.1 Å². The van der Waals surface area contributed by atoms with Gasteiger partial charge >= 0.3 is 0 Å². The van der Waals surface area contributed by atoms with Crippen LogP contribution >= 0.6 is 11.3 Å². The molecule has 0 saturated heterocycles. The summed E-state index contributed by atoms with van der Waals surface area (Å²) in [5.74, 6) is 0.130. The quantitative estimate of drug-likeness (QED) is 0.237. The minimum atomic E-state index is -0.364. The van der Waals surface area contributed by atoms with Gasteiger partial charge in [0.05, 0.1) is 24.1 Å². The number of aryl methyl sites for hydroxylation is 1. The van der Waals surface area contributed by atoms with E-state index in [-0.39, 0.29) is 24.5 Å². The summed E-state index contributed by atoms with van der Waals surface area (Å²) in [4.78, 5) is 19.4. The van der Waals surface area contributed by atoms with Gasteiger partial charge in [0, 0.05) is 28.4 Å². The fourth-order valence-electron chi connectivity index (χ4n) is 6.18. The molecule has 6 rings (SSSR count). The van der Waals surface area contributed by atoms with Gasteiger partial charge < -0.3 is 15.0 Å². The highest BCUT2D eigenvalue weighted by Crippen LogP contribution is 2.38. The number of hydrogen-bond donors (Lipinski definition) is 2. The number of aliphatic hydroxyl groups excluding tert-OH is 1. The van der Waals surface area contributed by atoms with Crippen LogP contribution in [0.4, 0.5) is 0 Å². The number of benzene rings is 2. The van der Waals surface area contributed by atoms with Crippen molar-refractivity contribution in [3.05, 3.63) is 99.9 Å². The second kappa shape index (κ2) is 10.7. The first-order valence-electron chi connectivity index (χ1n) is 13.5. The first-order chi connectivity index (χ1) is 18.6. The maximum Gasteiger partial charge on any atom is 0.228 e. The summed E-state index contributed by atoms with van der Waals surface area (Å²) in [6.07, 6.45) is 6.35. The Morgan fingerprint density at radius 1 is 1.08 bits per heavy atom. The van der Waals surface area contributed by atoms with Crippen LogP contribution in [0.3, 0.4) is 0 Å². The van der Waals surface area contributed by atoms with Crippen molar-refractivity contribution < 1.29 is 9.90 Å². The predicted octanol–water partition coefficient (Wildman–Crippen LogP) is 6.73. The number of aromatic nitrogens is 2. The summed E-state index contributed by atoms with van der Waals surface area (Å²) >= 11 is 1.56. The molecule has 2 atom stereocenters. The zero-order valence-electron chi connectivity index (χ0n) is 21.6. The van der Waals surface area contributed by atoms with E-state index < -0.39 is 0 Å². The SMILES string of the molecule is Cc1ccnc2c1c1ccccc1n2Cc1ccc(C(C(=O)NC(CO)c2cccs2)C2CCCC2)cc1. The number of nitrogens with one attached hydrogen (secondary N) is 1. The van der Waals surface area contributed by atoms with E-state index in [9.17, 15) is 9.90 Å². The third kappa shape index (κ3) is 4.63. The van der Waals surface area contributed by atoms with Crippen LogP contribution in [0.25, 0.3) is 21.9 Å². The molecule has 5 nitrogen and oxygen atoms in total. The molecule has 1 saturated carbocycles. The standard InChI is InChI=1S/C32H33N3O2S/c1-21-16-17-33-31-29(21)25-9-4-5-10-27(25)35(31)19-22-12-14-24(15-13-22)30(23-7-2-3-8-23)32(37)34-26(20-36)28-11-6-18-38-28/h4-6,9-18,23,26,30,36H,2-3,7-8,19-20H2,1H3,(H,34,37). The molecule has 0 spiro atoms. The molecule has 3 aromatic heterocycles. The number of pyridine rings is 1. The lowest BCUT2D eigenvalue weighted by Crippen LogP contribution is -2.36. The van der Waals surface area contributed by atoms with E-state index in [1.54, 1.807) is 11.3 Å². The minimum Gasteiger partial charge on any atom is -0.394 e. The Kier molecular flexibility index (Phi) is 7.00. The molecule has 1 aliphatic carbocycles. The van der Waals surface area contributed by atoms with Crippen LogP contribution in [0.5, 0.6) is 0 Å². The number of carbonyl (C=O) groups excluding carboxylic acids is 1. The first-order valence-corrected chi connectivity index (χ1v) is 14.4. The van der Waals surface area contributed by atoms with Crippen LogP contribution in [0, 0.1) is 12.8 Å². The van der Waals surface area contributed by atoms with Gasteiger partial charge in [-0.2, -0.15) is 0 Å². The maximum absolute atomic E-state index is 13.6. The zero-order chi connectivity index (χ0) is 26.1. The first kappa shape index (κ1) is 24.8. The molecule has 1 amide bonds. The number of fused-ring (bicyclic) bond motifs is 3. The molecule has 3 heterocycles. The highest BCUT2D eigenvalue weighted by atomic mass is 32.1. The number of amides is 1. The van der Waals surface area contributed by atoms with Crippen molar-refractivity contribution in [1.82, 2.24) is 14.9 Å². The van der Waals surface area contributed by atoms with Crippen LogP contribution in [-0.4, -0.2) is 27.2 Å². The molecule has 1 fully saturated rings. The molecule has 6 heteroatoms. The Morgan fingerprint density at radius 2 is 1.87 bits per heavy atom. The van der Waals surface area contributed by atoms with Crippen LogP contribution < -0.4 is 5.32 Å². The number of thiophene rings is 1. The van der Waals surface area contributed by atoms with Crippen molar-refractivity contribution in [1.29, 1.82) is 0 Å². The molecule has 2 aromatic carbocycles. The van der Waals surface area contributed by atoms with Crippen molar-refractivity contribution in [2.24, 2.45) is 5.92 Å². The molecular weight excluding hydrogens is 490 g/mol. The van der Waals surface area contributed by atoms with Crippen LogP contribution in [0.15, 0.2) is 78.3 Å². The summed E-state index contributed by atoms with van der Waals surface area (Å²) in [5.41, 5.74) is 5.64. The third-order valence-electron chi connectivity index (χ3n) is 8.08. The Balaban J connectivity index is 1.29. The highest BCUT2D eigenvalue weighted by molar-refractivity contribution is 7.10. The van der Waals surface area contributed by atoms with Crippen LogP contribution in [0.1, 0.15) is 59.2 Å². The molecule has 5 aromatic rings. The van der Waals surface area contributed by atoms with Gasteiger partial charge in [0.15, 0.2) is 0 Å². The van der Waals surface area contributed by atoms with Gasteiger partial charge in [0.25, 0.3) is 0 Å².